The number of aromatic nitrogens is 2. The number of hydrogen-bond acceptors (Lipinski definition) is 5. The minimum atomic E-state index is -0.412. The molecular formula is C20H21N3O3. The van der Waals surface area contributed by atoms with Gasteiger partial charge in [-0.05, 0) is 36.2 Å². The van der Waals surface area contributed by atoms with E-state index in [4.69, 9.17) is 9.47 Å². The molecule has 0 radical (unpaired) electrons. The van der Waals surface area contributed by atoms with Gasteiger partial charge in [-0.3, -0.25) is 4.79 Å². The largest absolute Gasteiger partial charge is 0.497 e. The van der Waals surface area contributed by atoms with Crippen LogP contribution in [-0.2, 0) is 6.54 Å². The fourth-order valence-electron chi connectivity index (χ4n) is 2.64. The summed E-state index contributed by atoms with van der Waals surface area (Å²) in [6.07, 6.45) is 1.67. The number of nitrogens with zero attached hydrogens (tertiary/aromatic N) is 2. The number of anilines is 2. The summed E-state index contributed by atoms with van der Waals surface area (Å²) in [7, 11) is 3.09. The number of rotatable bonds is 6. The molecule has 0 unspecified atom stereocenters. The van der Waals surface area contributed by atoms with Crippen LogP contribution in [-0.4, -0.2) is 23.8 Å². The van der Waals surface area contributed by atoms with Crippen molar-refractivity contribution in [2.75, 3.05) is 19.5 Å². The maximum absolute atomic E-state index is 12.1. The zero-order valence-corrected chi connectivity index (χ0v) is 15.0. The molecule has 1 aromatic heterocycles. The van der Waals surface area contributed by atoms with Gasteiger partial charge in [0.1, 0.15) is 5.75 Å². The predicted molar refractivity (Wildman–Crippen MR) is 102 cm³/mol. The molecule has 0 saturated carbocycles. The van der Waals surface area contributed by atoms with Crippen molar-refractivity contribution in [2.24, 2.45) is 0 Å². The van der Waals surface area contributed by atoms with Crippen molar-refractivity contribution >= 4 is 11.6 Å². The zero-order valence-electron chi connectivity index (χ0n) is 15.0. The monoisotopic (exact) mass is 351 g/mol. The Labute approximate surface area is 152 Å². The van der Waals surface area contributed by atoms with Crippen LogP contribution in [0.1, 0.15) is 11.1 Å². The summed E-state index contributed by atoms with van der Waals surface area (Å²) in [4.78, 5) is 16.3. The van der Waals surface area contributed by atoms with Gasteiger partial charge in [0, 0.05) is 5.69 Å². The summed E-state index contributed by atoms with van der Waals surface area (Å²) in [5.74, 6) is 1.43. The lowest BCUT2D eigenvalue weighted by atomic mass is 10.2. The highest BCUT2D eigenvalue weighted by Gasteiger charge is 2.11. The van der Waals surface area contributed by atoms with Gasteiger partial charge in [-0.1, -0.05) is 30.3 Å². The third-order valence-electron chi connectivity index (χ3n) is 4.06. The number of nitrogens with one attached hydrogen (secondary N) is 1. The Morgan fingerprint density at radius 1 is 1.08 bits per heavy atom. The Morgan fingerprint density at radius 3 is 2.50 bits per heavy atom. The Hall–Kier alpha value is -3.28. The quantitative estimate of drug-likeness (QED) is 0.738. The third-order valence-corrected chi connectivity index (χ3v) is 4.06. The number of benzene rings is 2. The van der Waals surface area contributed by atoms with Gasteiger partial charge in [-0.25, -0.2) is 0 Å². The highest BCUT2D eigenvalue weighted by Crippen LogP contribution is 2.24. The van der Waals surface area contributed by atoms with Gasteiger partial charge in [0.15, 0.2) is 0 Å². The van der Waals surface area contributed by atoms with Crippen LogP contribution in [0.5, 0.6) is 11.5 Å². The van der Waals surface area contributed by atoms with E-state index in [0.717, 1.165) is 22.6 Å². The second kappa shape index (κ2) is 7.74. The Balaban J connectivity index is 1.99. The third kappa shape index (κ3) is 3.85. The van der Waals surface area contributed by atoms with Crippen molar-refractivity contribution in [3.05, 3.63) is 76.2 Å². The molecule has 2 aromatic carbocycles. The molecular weight excluding hydrogens is 330 g/mol. The highest BCUT2D eigenvalue weighted by molar-refractivity contribution is 5.60. The molecule has 134 valence electrons. The highest BCUT2D eigenvalue weighted by atomic mass is 16.5. The van der Waals surface area contributed by atoms with Gasteiger partial charge in [-0.15, -0.1) is 0 Å². The van der Waals surface area contributed by atoms with E-state index >= 15 is 0 Å². The molecule has 0 aliphatic carbocycles. The van der Waals surface area contributed by atoms with Crippen molar-refractivity contribution < 1.29 is 9.47 Å². The van der Waals surface area contributed by atoms with Crippen LogP contribution < -0.4 is 20.3 Å². The lowest BCUT2D eigenvalue weighted by molar-refractivity contribution is 0.402. The Bertz CT molecular complexity index is 952. The smallest absolute Gasteiger partial charge is 0.316 e. The number of methoxy groups -OCH3 is 2. The summed E-state index contributed by atoms with van der Waals surface area (Å²) in [6.45, 7) is 2.52. The van der Waals surface area contributed by atoms with Crippen LogP contribution in [0.4, 0.5) is 11.6 Å². The summed E-state index contributed by atoms with van der Waals surface area (Å²) >= 11 is 0. The van der Waals surface area contributed by atoms with Gasteiger partial charge in [0.25, 0.3) is 0 Å². The van der Waals surface area contributed by atoms with Crippen molar-refractivity contribution in [3.8, 4) is 11.5 Å². The number of hydrogen-bond donors (Lipinski definition) is 1. The van der Waals surface area contributed by atoms with E-state index in [1.165, 1.54) is 7.11 Å². The van der Waals surface area contributed by atoms with E-state index in [2.05, 4.69) is 10.3 Å². The van der Waals surface area contributed by atoms with E-state index in [0.29, 0.717) is 12.5 Å². The van der Waals surface area contributed by atoms with Crippen LogP contribution in [0.2, 0.25) is 0 Å². The SMILES string of the molecule is COc1ccc(Nc2nc(=O)c(OC)cn2Cc2ccccc2)c(C)c1. The molecule has 0 spiro atoms. The van der Waals surface area contributed by atoms with Crippen LogP contribution in [0.3, 0.4) is 0 Å². The van der Waals surface area contributed by atoms with E-state index in [1.54, 1.807) is 13.3 Å². The molecule has 0 amide bonds. The molecule has 6 heteroatoms. The van der Waals surface area contributed by atoms with Crippen molar-refractivity contribution in [1.82, 2.24) is 9.55 Å². The standard InChI is InChI=1S/C20H21N3O3/c1-14-11-16(25-2)9-10-17(14)21-20-22-19(24)18(26-3)13-23(20)12-15-7-5-4-6-8-15/h4-11,13H,12H2,1-3H3,(H,21,22,24). The lowest BCUT2D eigenvalue weighted by Crippen LogP contribution is -2.19. The second-order valence-electron chi connectivity index (χ2n) is 5.86. The molecule has 0 bridgehead atoms. The summed E-state index contributed by atoms with van der Waals surface area (Å²) in [5.41, 5.74) is 2.52. The molecule has 1 N–H and O–H groups in total. The van der Waals surface area contributed by atoms with Crippen LogP contribution in [0, 0.1) is 6.92 Å². The van der Waals surface area contributed by atoms with Gasteiger partial charge >= 0.3 is 5.56 Å². The normalized spacial score (nSPS) is 10.4. The lowest BCUT2D eigenvalue weighted by Gasteiger charge is -2.16. The van der Waals surface area contributed by atoms with Crippen molar-refractivity contribution in [3.63, 3.8) is 0 Å². The van der Waals surface area contributed by atoms with Gasteiger partial charge in [0.05, 0.1) is 27.0 Å². The molecule has 0 aliphatic rings. The molecule has 3 aromatic rings. The van der Waals surface area contributed by atoms with E-state index in [1.807, 2.05) is 60.0 Å². The molecule has 3 rings (SSSR count). The first kappa shape index (κ1) is 17.5. The topological polar surface area (TPSA) is 65.4 Å². The van der Waals surface area contributed by atoms with Gasteiger partial charge in [-0.2, -0.15) is 4.98 Å². The van der Waals surface area contributed by atoms with Crippen LogP contribution in [0.25, 0.3) is 0 Å². The molecule has 0 fully saturated rings. The molecule has 0 atom stereocenters. The minimum Gasteiger partial charge on any atom is -0.497 e. The minimum absolute atomic E-state index is 0.206. The summed E-state index contributed by atoms with van der Waals surface area (Å²) < 4.78 is 12.2. The maximum Gasteiger partial charge on any atom is 0.316 e. The fourth-order valence-corrected chi connectivity index (χ4v) is 2.64. The Kier molecular flexibility index (Phi) is 5.22. The second-order valence-corrected chi connectivity index (χ2v) is 5.86. The van der Waals surface area contributed by atoms with E-state index in [9.17, 15) is 4.79 Å². The first-order valence-electron chi connectivity index (χ1n) is 8.22. The number of ether oxygens (including phenoxy) is 2. The van der Waals surface area contributed by atoms with Crippen LogP contribution in [0.15, 0.2) is 59.5 Å². The predicted octanol–water partition coefficient (Wildman–Crippen LogP) is 3.36. The average molecular weight is 351 g/mol. The van der Waals surface area contributed by atoms with Gasteiger partial charge < -0.3 is 19.4 Å². The Morgan fingerprint density at radius 2 is 1.85 bits per heavy atom. The molecule has 0 aliphatic heterocycles. The maximum atomic E-state index is 12.1. The molecule has 1 heterocycles. The number of aryl methyl sites for hydroxylation is 1. The average Bonchev–Trinajstić information content (AvgIpc) is 2.66. The van der Waals surface area contributed by atoms with Gasteiger partial charge in [0.2, 0.25) is 11.7 Å². The van der Waals surface area contributed by atoms with Crippen molar-refractivity contribution in [1.29, 1.82) is 0 Å². The summed E-state index contributed by atoms with van der Waals surface area (Å²) in [6, 6.07) is 15.6. The van der Waals surface area contributed by atoms with Crippen LogP contribution >= 0.6 is 0 Å². The summed E-state index contributed by atoms with van der Waals surface area (Å²) in [5, 5.41) is 3.25. The zero-order chi connectivity index (χ0) is 18.5. The first-order chi connectivity index (χ1) is 12.6. The first-order valence-corrected chi connectivity index (χ1v) is 8.22. The molecule has 26 heavy (non-hydrogen) atoms. The molecule has 0 saturated heterocycles. The van der Waals surface area contributed by atoms with Crippen molar-refractivity contribution in [2.45, 2.75) is 13.5 Å². The molecule has 6 nitrogen and oxygen atoms in total. The van der Waals surface area contributed by atoms with E-state index in [-0.39, 0.29) is 5.75 Å². The van der Waals surface area contributed by atoms with E-state index < -0.39 is 5.56 Å². The fraction of sp³-hybridized carbons (Fsp3) is 0.200.